The average molecular weight is 339 g/mol. The van der Waals surface area contributed by atoms with Gasteiger partial charge in [0.1, 0.15) is 0 Å². The second-order valence-electron chi connectivity index (χ2n) is 5.30. The van der Waals surface area contributed by atoms with Crippen LogP contribution >= 0.6 is 27.3 Å². The fraction of sp³-hybridized carbons (Fsp3) is 0.400. The van der Waals surface area contributed by atoms with Gasteiger partial charge in [0, 0.05) is 20.9 Å². The van der Waals surface area contributed by atoms with Gasteiger partial charge in [0.05, 0.1) is 11.2 Å². The lowest BCUT2D eigenvalue weighted by Gasteiger charge is -2.30. The summed E-state index contributed by atoms with van der Waals surface area (Å²) in [4.78, 5) is 5.63. The van der Waals surface area contributed by atoms with Gasteiger partial charge >= 0.3 is 0 Å². The van der Waals surface area contributed by atoms with E-state index in [9.17, 15) is 0 Å². The Morgan fingerprint density at radius 1 is 1.26 bits per heavy atom. The van der Waals surface area contributed by atoms with E-state index in [-0.39, 0.29) is 5.54 Å². The molecule has 1 aromatic heterocycles. The van der Waals surface area contributed by atoms with Crippen LogP contribution in [0, 0.1) is 6.92 Å². The summed E-state index contributed by atoms with van der Waals surface area (Å²) in [7, 11) is 0. The lowest BCUT2D eigenvalue weighted by molar-refractivity contribution is 0.359. The summed E-state index contributed by atoms with van der Waals surface area (Å²) < 4.78 is 1.11. The molecule has 0 amide bonds. The molecule has 0 spiro atoms. The van der Waals surface area contributed by atoms with Crippen molar-refractivity contribution >= 4 is 27.3 Å². The van der Waals surface area contributed by atoms with Gasteiger partial charge in [0.25, 0.3) is 0 Å². The van der Waals surface area contributed by atoms with E-state index in [1.165, 1.54) is 10.4 Å². The largest absolute Gasteiger partial charge is 0.300 e. The molecule has 1 N–H and O–H groups in total. The van der Waals surface area contributed by atoms with Crippen molar-refractivity contribution in [1.82, 2.24) is 10.3 Å². The third-order valence-corrected chi connectivity index (χ3v) is 4.96. The molecule has 102 valence electrons. The van der Waals surface area contributed by atoms with E-state index in [1.54, 1.807) is 11.3 Å². The second kappa shape index (κ2) is 5.73. The fourth-order valence-corrected chi connectivity index (χ4v) is 3.36. The maximum absolute atomic E-state index is 4.32. The topological polar surface area (TPSA) is 24.9 Å². The number of nitrogens with one attached hydrogen (secondary N) is 1. The molecule has 19 heavy (non-hydrogen) atoms. The van der Waals surface area contributed by atoms with E-state index in [2.05, 4.69) is 78.2 Å². The Kier molecular flexibility index (Phi) is 4.43. The maximum Gasteiger partial charge on any atom is 0.0798 e. The van der Waals surface area contributed by atoms with E-state index < -0.39 is 0 Å². The van der Waals surface area contributed by atoms with Gasteiger partial charge in [-0.1, -0.05) is 28.1 Å². The van der Waals surface area contributed by atoms with Gasteiger partial charge in [-0.2, -0.15) is 0 Å². The van der Waals surface area contributed by atoms with Crippen molar-refractivity contribution in [3.8, 4) is 0 Å². The summed E-state index contributed by atoms with van der Waals surface area (Å²) in [6.07, 6.45) is 0. The molecule has 1 heterocycles. The highest BCUT2D eigenvalue weighted by Gasteiger charge is 2.24. The Labute approximate surface area is 127 Å². The molecule has 4 heteroatoms. The minimum Gasteiger partial charge on any atom is -0.300 e. The third kappa shape index (κ3) is 3.44. The van der Waals surface area contributed by atoms with Crippen molar-refractivity contribution in [2.45, 2.75) is 39.3 Å². The minimum absolute atomic E-state index is 0.0729. The van der Waals surface area contributed by atoms with Crippen LogP contribution in [0.5, 0.6) is 0 Å². The molecule has 0 radical (unpaired) electrons. The smallest absolute Gasteiger partial charge is 0.0798 e. The van der Waals surface area contributed by atoms with Gasteiger partial charge in [-0.05, 0) is 45.4 Å². The van der Waals surface area contributed by atoms with Crippen molar-refractivity contribution in [3.63, 3.8) is 0 Å². The molecule has 0 aliphatic heterocycles. The molecule has 1 atom stereocenters. The van der Waals surface area contributed by atoms with Crippen molar-refractivity contribution in [2.24, 2.45) is 0 Å². The van der Waals surface area contributed by atoms with Crippen LogP contribution in [-0.2, 0) is 5.54 Å². The maximum atomic E-state index is 4.32. The Morgan fingerprint density at radius 2 is 1.89 bits per heavy atom. The predicted molar refractivity (Wildman–Crippen MR) is 85.6 cm³/mol. The molecule has 0 aliphatic rings. The summed E-state index contributed by atoms with van der Waals surface area (Å²) in [6, 6.07) is 8.78. The van der Waals surface area contributed by atoms with Crippen LogP contribution in [0.4, 0.5) is 0 Å². The van der Waals surface area contributed by atoms with Crippen LogP contribution in [0.2, 0.25) is 0 Å². The van der Waals surface area contributed by atoms with Gasteiger partial charge in [0.2, 0.25) is 0 Å². The summed E-state index contributed by atoms with van der Waals surface area (Å²) in [5.74, 6) is 0. The quantitative estimate of drug-likeness (QED) is 0.865. The van der Waals surface area contributed by atoms with Gasteiger partial charge in [-0.25, -0.2) is 4.98 Å². The van der Waals surface area contributed by atoms with E-state index >= 15 is 0 Å². The number of aromatic nitrogens is 1. The first-order valence-electron chi connectivity index (χ1n) is 6.34. The number of halogens is 1. The Morgan fingerprint density at radius 3 is 2.42 bits per heavy atom. The molecule has 1 unspecified atom stereocenters. The van der Waals surface area contributed by atoms with Crippen molar-refractivity contribution in [3.05, 3.63) is 50.4 Å². The van der Waals surface area contributed by atoms with Crippen molar-refractivity contribution in [2.75, 3.05) is 0 Å². The Balaban J connectivity index is 2.17. The average Bonchev–Trinajstić information content (AvgIpc) is 2.75. The molecule has 2 aromatic rings. The second-order valence-corrected chi connectivity index (χ2v) is 7.10. The first-order valence-corrected chi connectivity index (χ1v) is 8.01. The zero-order valence-electron chi connectivity index (χ0n) is 11.7. The summed E-state index contributed by atoms with van der Waals surface area (Å²) >= 11 is 5.19. The number of nitrogens with zero attached hydrogens (tertiary/aromatic N) is 1. The standard InChI is InChI=1S/C15H19BrN2S/c1-10-14(19-9-17-10)11(2)18-15(3,4)12-5-7-13(16)8-6-12/h5-9,11,18H,1-4H3. The van der Waals surface area contributed by atoms with Crippen molar-refractivity contribution < 1.29 is 0 Å². The van der Waals surface area contributed by atoms with Crippen LogP contribution in [0.25, 0.3) is 0 Å². The molecule has 2 nitrogen and oxygen atoms in total. The molecule has 1 aromatic carbocycles. The van der Waals surface area contributed by atoms with Crippen LogP contribution < -0.4 is 5.32 Å². The van der Waals surface area contributed by atoms with E-state index in [4.69, 9.17) is 0 Å². The molecular formula is C15H19BrN2S. The number of thiazole rings is 1. The number of aryl methyl sites for hydroxylation is 1. The minimum atomic E-state index is -0.0729. The molecule has 0 aliphatic carbocycles. The summed E-state index contributed by atoms with van der Waals surface area (Å²) in [6.45, 7) is 8.68. The van der Waals surface area contributed by atoms with Crippen LogP contribution in [0.15, 0.2) is 34.2 Å². The lowest BCUT2D eigenvalue weighted by Crippen LogP contribution is -2.38. The SMILES string of the molecule is Cc1ncsc1C(C)NC(C)(C)c1ccc(Br)cc1. The normalized spacial score (nSPS) is 13.5. The summed E-state index contributed by atoms with van der Waals surface area (Å²) in [5, 5.41) is 3.69. The molecule has 0 saturated heterocycles. The molecular weight excluding hydrogens is 320 g/mol. The van der Waals surface area contributed by atoms with Crippen LogP contribution in [0.1, 0.15) is 42.9 Å². The van der Waals surface area contributed by atoms with E-state index in [0.29, 0.717) is 6.04 Å². The number of hydrogen-bond acceptors (Lipinski definition) is 3. The van der Waals surface area contributed by atoms with E-state index in [1.807, 2.05) is 5.51 Å². The van der Waals surface area contributed by atoms with Crippen LogP contribution in [0.3, 0.4) is 0 Å². The lowest BCUT2D eigenvalue weighted by atomic mass is 9.93. The zero-order chi connectivity index (χ0) is 14.0. The highest BCUT2D eigenvalue weighted by atomic mass is 79.9. The third-order valence-electron chi connectivity index (χ3n) is 3.32. The highest BCUT2D eigenvalue weighted by Crippen LogP contribution is 2.28. The van der Waals surface area contributed by atoms with Gasteiger partial charge in [-0.15, -0.1) is 11.3 Å². The monoisotopic (exact) mass is 338 g/mol. The molecule has 0 bridgehead atoms. The first kappa shape index (κ1) is 14.7. The fourth-order valence-electron chi connectivity index (χ4n) is 2.28. The number of hydrogen-bond donors (Lipinski definition) is 1. The highest BCUT2D eigenvalue weighted by molar-refractivity contribution is 9.10. The number of benzene rings is 1. The zero-order valence-corrected chi connectivity index (χ0v) is 14.1. The van der Waals surface area contributed by atoms with Gasteiger partial charge in [-0.3, -0.25) is 0 Å². The number of rotatable bonds is 4. The van der Waals surface area contributed by atoms with E-state index in [0.717, 1.165) is 10.2 Å². The predicted octanol–water partition coefficient (Wildman–Crippen LogP) is 4.80. The van der Waals surface area contributed by atoms with Gasteiger partial charge < -0.3 is 5.32 Å². The molecule has 0 fully saturated rings. The summed E-state index contributed by atoms with van der Waals surface area (Å²) in [5.41, 5.74) is 4.24. The van der Waals surface area contributed by atoms with Crippen molar-refractivity contribution in [1.29, 1.82) is 0 Å². The molecule has 0 saturated carbocycles. The first-order chi connectivity index (χ1) is 8.90. The molecule has 2 rings (SSSR count). The Hall–Kier alpha value is -0.710. The van der Waals surface area contributed by atoms with Gasteiger partial charge in [0.15, 0.2) is 0 Å². The Bertz CT molecular complexity index is 546. The van der Waals surface area contributed by atoms with Crippen LogP contribution in [-0.4, -0.2) is 4.98 Å².